The molecule has 1 amide bonds. The number of carbonyl (C=O) groups excluding carboxylic acids is 1. The number of unbranched alkanes of at least 4 members (excludes halogenated alkanes) is 1. The fourth-order valence-corrected chi connectivity index (χ4v) is 2.34. The van der Waals surface area contributed by atoms with Gasteiger partial charge in [-0.25, -0.2) is 0 Å². The van der Waals surface area contributed by atoms with Crippen molar-refractivity contribution in [1.29, 1.82) is 0 Å². The van der Waals surface area contributed by atoms with Crippen molar-refractivity contribution in [3.63, 3.8) is 0 Å². The van der Waals surface area contributed by atoms with E-state index in [-0.39, 0.29) is 5.91 Å². The predicted molar refractivity (Wildman–Crippen MR) is 80.6 cm³/mol. The highest BCUT2D eigenvalue weighted by Crippen LogP contribution is 2.19. The molecular weight excluding hydrogens is 252 g/mol. The molecule has 0 aliphatic heterocycles. The summed E-state index contributed by atoms with van der Waals surface area (Å²) in [6.07, 6.45) is 2.04. The van der Waals surface area contributed by atoms with Gasteiger partial charge in [0.1, 0.15) is 0 Å². The van der Waals surface area contributed by atoms with E-state index in [1.54, 1.807) is 9.58 Å². The molecule has 0 radical (unpaired) electrons. The third kappa shape index (κ3) is 2.82. The van der Waals surface area contributed by atoms with E-state index >= 15 is 0 Å². The summed E-state index contributed by atoms with van der Waals surface area (Å²) in [5.74, 6) is -0.0271. The van der Waals surface area contributed by atoms with Gasteiger partial charge in [0.15, 0.2) is 5.69 Å². The Morgan fingerprint density at radius 2 is 2.10 bits per heavy atom. The lowest BCUT2D eigenvalue weighted by molar-refractivity contribution is 0.0753. The normalized spacial score (nSPS) is 10.9. The van der Waals surface area contributed by atoms with Gasteiger partial charge in [-0.3, -0.25) is 9.48 Å². The number of fused-ring (bicyclic) bond motifs is 1. The van der Waals surface area contributed by atoms with Gasteiger partial charge in [0, 0.05) is 32.1 Å². The molecule has 0 spiro atoms. The number of carbonyl (C=O) groups is 1. The van der Waals surface area contributed by atoms with Gasteiger partial charge >= 0.3 is 0 Å². The summed E-state index contributed by atoms with van der Waals surface area (Å²) in [5.41, 5.74) is 7.11. The van der Waals surface area contributed by atoms with E-state index in [2.05, 4.69) is 12.0 Å². The predicted octanol–water partition coefficient (Wildman–Crippen LogP) is 1.77. The first-order chi connectivity index (χ1) is 9.69. The number of para-hydroxylation sites is 1. The molecule has 1 aromatic heterocycles. The highest BCUT2D eigenvalue weighted by molar-refractivity contribution is 6.04. The first-order valence-corrected chi connectivity index (χ1v) is 7.10. The molecule has 0 atom stereocenters. The molecule has 20 heavy (non-hydrogen) atoms. The second-order valence-corrected chi connectivity index (χ2v) is 4.92. The monoisotopic (exact) mass is 274 g/mol. The van der Waals surface area contributed by atoms with E-state index in [0.29, 0.717) is 18.8 Å². The molecule has 0 aliphatic rings. The van der Waals surface area contributed by atoms with Gasteiger partial charge in [-0.05, 0) is 12.5 Å². The van der Waals surface area contributed by atoms with Crippen LogP contribution in [0.5, 0.6) is 0 Å². The maximum atomic E-state index is 12.7. The molecule has 108 valence electrons. The van der Waals surface area contributed by atoms with Gasteiger partial charge in [0.05, 0.1) is 5.52 Å². The fourth-order valence-electron chi connectivity index (χ4n) is 2.34. The highest BCUT2D eigenvalue weighted by atomic mass is 16.2. The Hall–Kier alpha value is -1.88. The van der Waals surface area contributed by atoms with Gasteiger partial charge in [0.2, 0.25) is 0 Å². The molecule has 2 aromatic rings. The standard InChI is InChI=1S/C15H22N4O/c1-3-4-10-19(11-9-16)15(20)14-12-7-5-6-8-13(12)18(2)17-14/h5-8H,3-4,9-11,16H2,1-2H3. The number of hydrogen-bond acceptors (Lipinski definition) is 3. The molecule has 0 bridgehead atoms. The summed E-state index contributed by atoms with van der Waals surface area (Å²) < 4.78 is 1.75. The second-order valence-electron chi connectivity index (χ2n) is 4.92. The summed E-state index contributed by atoms with van der Waals surface area (Å²) in [5, 5.41) is 5.29. The first-order valence-electron chi connectivity index (χ1n) is 7.10. The Morgan fingerprint density at radius 3 is 2.80 bits per heavy atom. The summed E-state index contributed by atoms with van der Waals surface area (Å²) in [6, 6.07) is 7.79. The zero-order valence-electron chi connectivity index (χ0n) is 12.2. The molecule has 1 heterocycles. The van der Waals surface area contributed by atoms with E-state index < -0.39 is 0 Å². The zero-order valence-corrected chi connectivity index (χ0v) is 12.2. The van der Waals surface area contributed by atoms with Crippen molar-refractivity contribution in [2.24, 2.45) is 12.8 Å². The van der Waals surface area contributed by atoms with E-state index in [1.165, 1.54) is 0 Å². The Bertz CT molecular complexity index is 591. The number of aromatic nitrogens is 2. The smallest absolute Gasteiger partial charge is 0.275 e. The maximum absolute atomic E-state index is 12.7. The van der Waals surface area contributed by atoms with Crippen LogP contribution in [0.4, 0.5) is 0 Å². The van der Waals surface area contributed by atoms with Crippen LogP contribution < -0.4 is 5.73 Å². The lowest BCUT2D eigenvalue weighted by Crippen LogP contribution is -2.36. The second kappa shape index (κ2) is 6.52. The van der Waals surface area contributed by atoms with Crippen molar-refractivity contribution in [1.82, 2.24) is 14.7 Å². The molecule has 0 unspecified atom stereocenters. The van der Waals surface area contributed by atoms with Crippen LogP contribution in [0.2, 0.25) is 0 Å². The van der Waals surface area contributed by atoms with Crippen molar-refractivity contribution in [3.05, 3.63) is 30.0 Å². The fraction of sp³-hybridized carbons (Fsp3) is 0.467. The number of rotatable bonds is 6. The summed E-state index contributed by atoms with van der Waals surface area (Å²) in [7, 11) is 1.86. The molecule has 2 N–H and O–H groups in total. The Labute approximate surface area is 119 Å². The first kappa shape index (κ1) is 14.5. The number of aryl methyl sites for hydroxylation is 1. The van der Waals surface area contributed by atoms with Crippen LogP contribution in [0.15, 0.2) is 24.3 Å². The lowest BCUT2D eigenvalue weighted by atomic mass is 10.2. The third-order valence-corrected chi connectivity index (χ3v) is 3.43. The Morgan fingerprint density at radius 1 is 1.35 bits per heavy atom. The molecule has 2 rings (SSSR count). The van der Waals surface area contributed by atoms with Crippen molar-refractivity contribution in [2.75, 3.05) is 19.6 Å². The van der Waals surface area contributed by atoms with Crippen LogP contribution in [0.25, 0.3) is 10.9 Å². The van der Waals surface area contributed by atoms with Crippen LogP contribution in [0.1, 0.15) is 30.3 Å². The lowest BCUT2D eigenvalue weighted by Gasteiger charge is -2.20. The molecular formula is C15H22N4O. The van der Waals surface area contributed by atoms with Crippen molar-refractivity contribution >= 4 is 16.8 Å². The van der Waals surface area contributed by atoms with Crippen molar-refractivity contribution in [3.8, 4) is 0 Å². The third-order valence-electron chi connectivity index (χ3n) is 3.43. The molecule has 0 saturated heterocycles. The van der Waals surface area contributed by atoms with Crippen LogP contribution >= 0.6 is 0 Å². The molecule has 0 saturated carbocycles. The summed E-state index contributed by atoms with van der Waals surface area (Å²) >= 11 is 0. The number of nitrogens with two attached hydrogens (primary N) is 1. The van der Waals surface area contributed by atoms with Crippen LogP contribution in [-0.4, -0.2) is 40.2 Å². The van der Waals surface area contributed by atoms with Crippen LogP contribution in [0.3, 0.4) is 0 Å². The topological polar surface area (TPSA) is 64.2 Å². The molecule has 0 aliphatic carbocycles. The van der Waals surface area contributed by atoms with E-state index in [0.717, 1.165) is 30.3 Å². The highest BCUT2D eigenvalue weighted by Gasteiger charge is 2.20. The van der Waals surface area contributed by atoms with Gasteiger partial charge in [-0.1, -0.05) is 31.5 Å². The van der Waals surface area contributed by atoms with Crippen molar-refractivity contribution in [2.45, 2.75) is 19.8 Å². The molecule has 5 nitrogen and oxygen atoms in total. The maximum Gasteiger partial charge on any atom is 0.275 e. The molecule has 0 fully saturated rings. The largest absolute Gasteiger partial charge is 0.336 e. The number of benzene rings is 1. The minimum absolute atomic E-state index is 0.0271. The van der Waals surface area contributed by atoms with Gasteiger partial charge in [0.25, 0.3) is 5.91 Å². The average Bonchev–Trinajstić information content (AvgIpc) is 2.80. The molecule has 1 aromatic carbocycles. The van der Waals surface area contributed by atoms with Gasteiger partial charge in [-0.15, -0.1) is 0 Å². The van der Waals surface area contributed by atoms with Gasteiger partial charge < -0.3 is 10.6 Å². The van der Waals surface area contributed by atoms with Crippen molar-refractivity contribution < 1.29 is 4.79 Å². The van der Waals surface area contributed by atoms with E-state index in [4.69, 9.17) is 5.73 Å². The minimum atomic E-state index is -0.0271. The Balaban J connectivity index is 2.33. The molecule has 5 heteroatoms. The van der Waals surface area contributed by atoms with E-state index in [1.807, 2.05) is 31.3 Å². The van der Waals surface area contributed by atoms with E-state index in [9.17, 15) is 4.79 Å². The van der Waals surface area contributed by atoms with Crippen LogP contribution in [-0.2, 0) is 7.05 Å². The number of hydrogen-bond donors (Lipinski definition) is 1. The average molecular weight is 274 g/mol. The summed E-state index contributed by atoms with van der Waals surface area (Å²) in [4.78, 5) is 14.5. The zero-order chi connectivity index (χ0) is 14.5. The summed E-state index contributed by atoms with van der Waals surface area (Å²) in [6.45, 7) is 3.89. The SMILES string of the molecule is CCCCN(CCN)C(=O)c1nn(C)c2ccccc12. The Kier molecular flexibility index (Phi) is 4.74. The van der Waals surface area contributed by atoms with Crippen LogP contribution in [0, 0.1) is 0 Å². The van der Waals surface area contributed by atoms with Gasteiger partial charge in [-0.2, -0.15) is 5.10 Å². The number of amides is 1. The quantitative estimate of drug-likeness (QED) is 0.873. The number of nitrogens with zero attached hydrogens (tertiary/aromatic N) is 3. The minimum Gasteiger partial charge on any atom is -0.336 e.